The summed E-state index contributed by atoms with van der Waals surface area (Å²) in [5.74, 6) is -0.365. The Morgan fingerprint density at radius 2 is 2.00 bits per heavy atom. The van der Waals surface area contributed by atoms with Crippen LogP contribution < -0.4 is 10.2 Å². The van der Waals surface area contributed by atoms with Gasteiger partial charge in [-0.25, -0.2) is 0 Å². The number of nitrogens with one attached hydrogen (secondary N) is 1. The summed E-state index contributed by atoms with van der Waals surface area (Å²) in [7, 11) is 0. The van der Waals surface area contributed by atoms with Crippen molar-refractivity contribution in [2.75, 3.05) is 11.4 Å². The molecule has 1 aromatic carbocycles. The Hall–Kier alpha value is -2.37. The molecule has 2 atom stereocenters. The molecule has 1 aromatic rings. The summed E-state index contributed by atoms with van der Waals surface area (Å²) in [6, 6.07) is 7.22. The highest BCUT2D eigenvalue weighted by atomic mass is 16.2. The molecule has 2 aliphatic rings. The molecule has 1 fully saturated rings. The first-order valence-corrected chi connectivity index (χ1v) is 9.92. The molecule has 0 saturated carbocycles. The SMILES string of the molecule is CCCCCC(C)NC(=O)CN1C(=O)c2ccccc2N2C(=O)CCC12C. The van der Waals surface area contributed by atoms with Crippen LogP contribution in [-0.4, -0.2) is 40.9 Å². The van der Waals surface area contributed by atoms with Crippen LogP contribution in [0.5, 0.6) is 0 Å². The fourth-order valence-electron chi connectivity index (χ4n) is 4.18. The quantitative estimate of drug-likeness (QED) is 0.749. The fraction of sp³-hybridized carbons (Fsp3) is 0.571. The number of nitrogens with zero attached hydrogens (tertiary/aromatic N) is 2. The lowest BCUT2D eigenvalue weighted by Gasteiger charge is -2.48. The molecule has 27 heavy (non-hydrogen) atoms. The number of carbonyl (C=O) groups excluding carboxylic acids is 3. The lowest BCUT2D eigenvalue weighted by atomic mass is 9.98. The summed E-state index contributed by atoms with van der Waals surface area (Å²) < 4.78 is 0. The first kappa shape index (κ1) is 19.4. The maximum atomic E-state index is 13.1. The Bertz CT molecular complexity index is 748. The lowest BCUT2D eigenvalue weighted by Crippen LogP contribution is -2.64. The van der Waals surface area contributed by atoms with Crippen LogP contribution in [0.4, 0.5) is 5.69 Å². The highest BCUT2D eigenvalue weighted by Crippen LogP contribution is 2.43. The molecular formula is C21H29N3O3. The van der Waals surface area contributed by atoms with Gasteiger partial charge in [0.1, 0.15) is 12.2 Å². The van der Waals surface area contributed by atoms with Gasteiger partial charge in [-0.05, 0) is 38.8 Å². The molecule has 0 spiro atoms. The van der Waals surface area contributed by atoms with Gasteiger partial charge in [0.15, 0.2) is 0 Å². The number of amides is 3. The molecule has 2 aliphatic heterocycles. The topological polar surface area (TPSA) is 69.7 Å². The van der Waals surface area contributed by atoms with Crippen LogP contribution in [0.3, 0.4) is 0 Å². The number of unbranched alkanes of at least 4 members (excludes halogenated alkanes) is 2. The number of hydrogen-bond donors (Lipinski definition) is 1. The fourth-order valence-corrected chi connectivity index (χ4v) is 4.18. The van der Waals surface area contributed by atoms with Gasteiger partial charge in [0, 0.05) is 12.5 Å². The Balaban J connectivity index is 1.78. The summed E-state index contributed by atoms with van der Waals surface area (Å²) in [5, 5.41) is 3.00. The van der Waals surface area contributed by atoms with Crippen molar-refractivity contribution in [3.63, 3.8) is 0 Å². The molecule has 1 saturated heterocycles. The van der Waals surface area contributed by atoms with Gasteiger partial charge < -0.3 is 10.2 Å². The third-order valence-corrected chi connectivity index (χ3v) is 5.70. The van der Waals surface area contributed by atoms with E-state index in [4.69, 9.17) is 0 Å². The molecule has 6 nitrogen and oxygen atoms in total. The van der Waals surface area contributed by atoms with Crippen molar-refractivity contribution in [3.8, 4) is 0 Å². The Labute approximate surface area is 160 Å². The third-order valence-electron chi connectivity index (χ3n) is 5.70. The van der Waals surface area contributed by atoms with Crippen molar-refractivity contribution in [1.82, 2.24) is 10.2 Å². The van der Waals surface area contributed by atoms with Gasteiger partial charge in [0.2, 0.25) is 11.8 Å². The normalized spacial score (nSPS) is 22.5. The van der Waals surface area contributed by atoms with Crippen molar-refractivity contribution < 1.29 is 14.4 Å². The van der Waals surface area contributed by atoms with Crippen LogP contribution in [0.1, 0.15) is 69.7 Å². The Morgan fingerprint density at radius 1 is 1.26 bits per heavy atom. The third kappa shape index (κ3) is 3.57. The summed E-state index contributed by atoms with van der Waals surface area (Å²) in [6.07, 6.45) is 5.21. The number of carbonyl (C=O) groups is 3. The average molecular weight is 371 g/mol. The minimum atomic E-state index is -0.786. The second-order valence-corrected chi connectivity index (χ2v) is 7.82. The van der Waals surface area contributed by atoms with Crippen molar-refractivity contribution in [2.24, 2.45) is 0 Å². The minimum absolute atomic E-state index is 0.00390. The number of hydrogen-bond acceptors (Lipinski definition) is 3. The summed E-state index contributed by atoms with van der Waals surface area (Å²) in [6.45, 7) is 5.99. The highest BCUT2D eigenvalue weighted by Gasteiger charge is 2.53. The van der Waals surface area contributed by atoms with Gasteiger partial charge in [0.05, 0.1) is 11.3 Å². The second kappa shape index (κ2) is 7.71. The molecule has 3 amide bonds. The van der Waals surface area contributed by atoms with Gasteiger partial charge in [-0.2, -0.15) is 0 Å². The van der Waals surface area contributed by atoms with E-state index in [0.717, 1.165) is 25.7 Å². The van der Waals surface area contributed by atoms with Crippen molar-refractivity contribution >= 4 is 23.4 Å². The molecule has 2 heterocycles. The van der Waals surface area contributed by atoms with E-state index in [1.165, 1.54) is 0 Å². The number of anilines is 1. The number of rotatable bonds is 7. The van der Waals surface area contributed by atoms with E-state index in [1.807, 2.05) is 26.0 Å². The van der Waals surface area contributed by atoms with Gasteiger partial charge in [0.25, 0.3) is 5.91 Å². The Morgan fingerprint density at radius 3 is 2.74 bits per heavy atom. The maximum Gasteiger partial charge on any atom is 0.258 e. The van der Waals surface area contributed by atoms with E-state index in [-0.39, 0.29) is 30.3 Å². The van der Waals surface area contributed by atoms with Gasteiger partial charge in [-0.1, -0.05) is 38.3 Å². The number of fused-ring (bicyclic) bond motifs is 3. The molecule has 0 aromatic heterocycles. The molecule has 0 radical (unpaired) electrons. The maximum absolute atomic E-state index is 13.1. The number of benzene rings is 1. The zero-order chi connectivity index (χ0) is 19.6. The van der Waals surface area contributed by atoms with Crippen LogP contribution in [0.15, 0.2) is 24.3 Å². The van der Waals surface area contributed by atoms with Crippen LogP contribution in [-0.2, 0) is 9.59 Å². The van der Waals surface area contributed by atoms with Crippen LogP contribution >= 0.6 is 0 Å². The summed E-state index contributed by atoms with van der Waals surface area (Å²) in [5.41, 5.74) is 0.344. The summed E-state index contributed by atoms with van der Waals surface area (Å²) >= 11 is 0. The summed E-state index contributed by atoms with van der Waals surface area (Å²) in [4.78, 5) is 41.5. The second-order valence-electron chi connectivity index (χ2n) is 7.82. The molecular weight excluding hydrogens is 342 g/mol. The van der Waals surface area contributed by atoms with Crippen LogP contribution in [0.25, 0.3) is 0 Å². The first-order valence-electron chi connectivity index (χ1n) is 9.92. The molecule has 6 heteroatoms. The zero-order valence-corrected chi connectivity index (χ0v) is 16.5. The molecule has 1 N–H and O–H groups in total. The predicted molar refractivity (Wildman–Crippen MR) is 104 cm³/mol. The van der Waals surface area contributed by atoms with E-state index < -0.39 is 5.66 Å². The predicted octanol–water partition coefficient (Wildman–Crippen LogP) is 3.07. The lowest BCUT2D eigenvalue weighted by molar-refractivity contribution is -0.124. The highest BCUT2D eigenvalue weighted by molar-refractivity contribution is 6.11. The van der Waals surface area contributed by atoms with Crippen molar-refractivity contribution in [1.29, 1.82) is 0 Å². The minimum Gasteiger partial charge on any atom is -0.352 e. The molecule has 2 unspecified atom stereocenters. The van der Waals surface area contributed by atoms with Gasteiger partial charge in [-0.15, -0.1) is 0 Å². The van der Waals surface area contributed by atoms with Crippen molar-refractivity contribution in [2.45, 2.75) is 71.0 Å². The van der Waals surface area contributed by atoms with E-state index in [1.54, 1.807) is 21.9 Å². The first-order chi connectivity index (χ1) is 12.9. The van der Waals surface area contributed by atoms with Crippen molar-refractivity contribution in [3.05, 3.63) is 29.8 Å². The van der Waals surface area contributed by atoms with Gasteiger partial charge in [-0.3, -0.25) is 19.3 Å². The van der Waals surface area contributed by atoms with Crippen LogP contribution in [0.2, 0.25) is 0 Å². The molecule has 146 valence electrons. The van der Waals surface area contributed by atoms with Gasteiger partial charge >= 0.3 is 0 Å². The standard InChI is InChI=1S/C21H29N3O3/c1-4-5-6-9-15(2)22-18(25)14-23-20(27)16-10-7-8-11-17(16)24-19(26)12-13-21(23,24)3/h7-8,10-11,15H,4-6,9,12-14H2,1-3H3,(H,22,25). The Kier molecular flexibility index (Phi) is 5.53. The smallest absolute Gasteiger partial charge is 0.258 e. The van der Waals surface area contributed by atoms with E-state index in [9.17, 15) is 14.4 Å². The van der Waals surface area contributed by atoms with E-state index in [0.29, 0.717) is 24.1 Å². The average Bonchev–Trinajstić information content (AvgIpc) is 2.95. The largest absolute Gasteiger partial charge is 0.352 e. The molecule has 3 rings (SSSR count). The van der Waals surface area contributed by atoms with E-state index >= 15 is 0 Å². The molecule has 0 aliphatic carbocycles. The van der Waals surface area contributed by atoms with Crippen LogP contribution in [0, 0.1) is 0 Å². The monoisotopic (exact) mass is 371 g/mol. The number of para-hydroxylation sites is 1. The zero-order valence-electron chi connectivity index (χ0n) is 16.5. The van der Waals surface area contributed by atoms with E-state index in [2.05, 4.69) is 12.2 Å². The molecule has 0 bridgehead atoms.